The van der Waals surface area contributed by atoms with Gasteiger partial charge in [-0.25, -0.2) is 9.82 Å². The van der Waals surface area contributed by atoms with Crippen LogP contribution in [-0.4, -0.2) is 44.3 Å². The Morgan fingerprint density at radius 1 is 0.895 bits per heavy atom. The lowest BCUT2D eigenvalue weighted by molar-refractivity contribution is -0.126. The van der Waals surface area contributed by atoms with E-state index in [1.165, 1.54) is 31.5 Å². The summed E-state index contributed by atoms with van der Waals surface area (Å²) >= 11 is 0. The molecule has 0 spiro atoms. The summed E-state index contributed by atoms with van der Waals surface area (Å²) in [6, 6.07) is 17.4. The molecule has 38 heavy (non-hydrogen) atoms. The van der Waals surface area contributed by atoms with Crippen LogP contribution >= 0.6 is 0 Å². The Kier molecular flexibility index (Phi) is 10.2. The zero-order valence-corrected chi connectivity index (χ0v) is 20.8. The number of rotatable bonds is 12. The molecular weight excluding hydrogens is 495 g/mol. The molecule has 0 saturated heterocycles. The highest BCUT2D eigenvalue weighted by Crippen LogP contribution is 2.28. The molecule has 11 heteroatoms. The Bertz CT molecular complexity index is 1310. The van der Waals surface area contributed by atoms with Crippen molar-refractivity contribution in [3.63, 3.8) is 0 Å². The first-order valence-corrected chi connectivity index (χ1v) is 11.6. The Labute approximate surface area is 218 Å². The zero-order chi connectivity index (χ0) is 27.3. The van der Waals surface area contributed by atoms with Crippen molar-refractivity contribution in [3.05, 3.63) is 78.1 Å². The number of nitrogens with zero attached hydrogens (tertiary/aromatic N) is 1. The number of carbonyl (C=O) groups is 3. The van der Waals surface area contributed by atoms with Crippen LogP contribution in [0.15, 0.2) is 71.8 Å². The maximum atomic E-state index is 13.7. The molecule has 0 aliphatic rings. The largest absolute Gasteiger partial charge is 0.497 e. The molecule has 0 radical (unpaired) electrons. The van der Waals surface area contributed by atoms with Crippen molar-refractivity contribution in [2.45, 2.75) is 13.3 Å². The van der Waals surface area contributed by atoms with Crippen LogP contribution < -0.4 is 30.3 Å². The Balaban J connectivity index is 1.51. The highest BCUT2D eigenvalue weighted by Gasteiger charge is 2.12. The van der Waals surface area contributed by atoms with Gasteiger partial charge in [-0.1, -0.05) is 18.2 Å². The van der Waals surface area contributed by atoms with Gasteiger partial charge in [-0.3, -0.25) is 14.4 Å². The fraction of sp³-hybridized carbons (Fsp3) is 0.185. The van der Waals surface area contributed by atoms with E-state index >= 15 is 0 Å². The number of anilines is 2. The minimum atomic E-state index is -0.604. The summed E-state index contributed by atoms with van der Waals surface area (Å²) < 4.78 is 29.9. The van der Waals surface area contributed by atoms with E-state index in [0.717, 1.165) is 0 Å². The second kappa shape index (κ2) is 14.0. The predicted molar refractivity (Wildman–Crippen MR) is 140 cm³/mol. The number of amides is 3. The van der Waals surface area contributed by atoms with Gasteiger partial charge in [0.25, 0.3) is 5.91 Å². The van der Waals surface area contributed by atoms with Crippen molar-refractivity contribution in [3.8, 4) is 17.2 Å². The topological polar surface area (TPSA) is 127 Å². The summed E-state index contributed by atoms with van der Waals surface area (Å²) in [7, 11) is 1.51. The second-order valence-electron chi connectivity index (χ2n) is 7.71. The summed E-state index contributed by atoms with van der Waals surface area (Å²) in [6.45, 7) is 1.75. The van der Waals surface area contributed by atoms with Crippen LogP contribution in [0.5, 0.6) is 17.2 Å². The maximum absolute atomic E-state index is 13.7. The minimum Gasteiger partial charge on any atom is -0.497 e. The third kappa shape index (κ3) is 8.63. The number of ether oxygens (including phenoxy) is 3. The lowest BCUT2D eigenvalue weighted by Gasteiger charge is -2.13. The van der Waals surface area contributed by atoms with Crippen LogP contribution in [0, 0.1) is 5.82 Å². The number of hydrogen-bond acceptors (Lipinski definition) is 7. The van der Waals surface area contributed by atoms with Gasteiger partial charge in [-0.15, -0.1) is 0 Å². The molecule has 10 nitrogen and oxygen atoms in total. The standard InChI is InChI=1S/C27H27FN4O6/c1-3-37-24-13-18(11-12-23(24)38-17-27(35)31-22-10-5-4-9-21(22)28)16-29-32-26(34)15-25(33)30-19-7-6-8-20(14-19)36-2/h4-14,16H,3,15,17H2,1-2H3,(H,30,33)(H,31,35)(H,32,34). The van der Waals surface area contributed by atoms with E-state index in [9.17, 15) is 18.8 Å². The van der Waals surface area contributed by atoms with Gasteiger partial charge >= 0.3 is 0 Å². The van der Waals surface area contributed by atoms with Crippen LogP contribution in [0.3, 0.4) is 0 Å². The summed E-state index contributed by atoms with van der Waals surface area (Å²) in [5, 5.41) is 8.92. The number of nitrogens with one attached hydrogen (secondary N) is 3. The molecule has 0 fully saturated rings. The van der Waals surface area contributed by atoms with Crippen LogP contribution in [-0.2, 0) is 14.4 Å². The van der Waals surface area contributed by atoms with Crippen molar-refractivity contribution in [2.24, 2.45) is 5.10 Å². The van der Waals surface area contributed by atoms with E-state index in [-0.39, 0.29) is 12.3 Å². The molecule has 0 bridgehead atoms. The van der Waals surface area contributed by atoms with Gasteiger partial charge in [-0.05, 0) is 55.0 Å². The highest BCUT2D eigenvalue weighted by molar-refractivity contribution is 6.03. The number of methoxy groups -OCH3 is 1. The first kappa shape index (κ1) is 27.7. The van der Waals surface area contributed by atoms with Gasteiger partial charge < -0.3 is 24.8 Å². The third-order valence-corrected chi connectivity index (χ3v) is 4.85. The Hall–Kier alpha value is -4.93. The quantitative estimate of drug-likeness (QED) is 0.189. The average Bonchev–Trinajstić information content (AvgIpc) is 2.89. The molecule has 198 valence electrons. The number of hydrazone groups is 1. The van der Waals surface area contributed by atoms with E-state index in [1.54, 1.807) is 55.5 Å². The minimum absolute atomic E-state index is 0.0533. The van der Waals surface area contributed by atoms with Crippen molar-refractivity contribution in [1.82, 2.24) is 5.43 Å². The first-order valence-electron chi connectivity index (χ1n) is 11.6. The SMILES string of the molecule is CCOc1cc(C=NNC(=O)CC(=O)Nc2cccc(OC)c2)ccc1OCC(=O)Nc1ccccc1F. The molecule has 3 rings (SSSR count). The number of benzene rings is 3. The number of hydrogen-bond donors (Lipinski definition) is 3. The van der Waals surface area contributed by atoms with Gasteiger partial charge in [0.15, 0.2) is 18.1 Å². The van der Waals surface area contributed by atoms with Crippen molar-refractivity contribution < 1.29 is 33.0 Å². The molecular formula is C27H27FN4O6. The van der Waals surface area contributed by atoms with Crippen LogP contribution in [0.1, 0.15) is 18.9 Å². The summed E-state index contributed by atoms with van der Waals surface area (Å²) in [5.41, 5.74) is 3.42. The van der Waals surface area contributed by atoms with E-state index in [1.807, 2.05) is 0 Å². The molecule has 3 N–H and O–H groups in total. The van der Waals surface area contributed by atoms with Crippen molar-refractivity contribution >= 4 is 35.3 Å². The molecule has 0 atom stereocenters. The molecule has 3 aromatic rings. The summed E-state index contributed by atoms with van der Waals surface area (Å²) in [6.07, 6.45) is 0.940. The van der Waals surface area contributed by atoms with Gasteiger partial charge in [0.05, 0.1) is 25.6 Å². The number of halogens is 1. The lowest BCUT2D eigenvalue weighted by Crippen LogP contribution is -2.24. The molecule has 0 saturated carbocycles. The van der Waals surface area contributed by atoms with Gasteiger partial charge in [0.1, 0.15) is 18.0 Å². The molecule has 3 aromatic carbocycles. The number of carbonyl (C=O) groups excluding carboxylic acids is 3. The monoisotopic (exact) mass is 522 g/mol. The molecule has 3 amide bonds. The lowest BCUT2D eigenvalue weighted by atomic mass is 10.2. The van der Waals surface area contributed by atoms with Crippen LogP contribution in [0.4, 0.5) is 15.8 Å². The Morgan fingerprint density at radius 2 is 1.71 bits per heavy atom. The van der Waals surface area contributed by atoms with Crippen LogP contribution in [0.25, 0.3) is 0 Å². The molecule has 0 heterocycles. The summed E-state index contributed by atoms with van der Waals surface area (Å²) in [5.74, 6) is -0.987. The summed E-state index contributed by atoms with van der Waals surface area (Å²) in [4.78, 5) is 36.3. The second-order valence-corrected chi connectivity index (χ2v) is 7.71. The molecule has 0 aromatic heterocycles. The molecule has 0 unspecified atom stereocenters. The van der Waals surface area contributed by atoms with E-state index in [2.05, 4.69) is 21.2 Å². The van der Waals surface area contributed by atoms with Gasteiger partial charge in [0, 0.05) is 11.8 Å². The fourth-order valence-electron chi connectivity index (χ4n) is 3.15. The zero-order valence-electron chi connectivity index (χ0n) is 20.8. The van der Waals surface area contributed by atoms with Crippen molar-refractivity contribution in [1.29, 1.82) is 0 Å². The third-order valence-electron chi connectivity index (χ3n) is 4.85. The fourth-order valence-corrected chi connectivity index (χ4v) is 3.15. The van der Waals surface area contributed by atoms with E-state index in [4.69, 9.17) is 14.2 Å². The molecule has 0 aliphatic heterocycles. The van der Waals surface area contributed by atoms with Gasteiger partial charge in [0.2, 0.25) is 11.8 Å². The van der Waals surface area contributed by atoms with Crippen LogP contribution in [0.2, 0.25) is 0 Å². The number of para-hydroxylation sites is 1. The maximum Gasteiger partial charge on any atom is 0.262 e. The Morgan fingerprint density at radius 3 is 2.47 bits per heavy atom. The van der Waals surface area contributed by atoms with Crippen molar-refractivity contribution in [2.75, 3.05) is 31.0 Å². The predicted octanol–water partition coefficient (Wildman–Crippen LogP) is 3.73. The molecule has 0 aliphatic carbocycles. The highest BCUT2D eigenvalue weighted by atomic mass is 19.1. The smallest absolute Gasteiger partial charge is 0.262 e. The first-order chi connectivity index (χ1) is 18.4. The van der Waals surface area contributed by atoms with E-state index in [0.29, 0.717) is 35.1 Å². The van der Waals surface area contributed by atoms with Gasteiger partial charge in [-0.2, -0.15) is 5.10 Å². The average molecular weight is 523 g/mol. The van der Waals surface area contributed by atoms with E-state index < -0.39 is 30.0 Å². The normalized spacial score (nSPS) is 10.5.